The van der Waals surface area contributed by atoms with Crippen LogP contribution < -0.4 is 11.5 Å². The number of esters is 2. The predicted octanol–water partition coefficient (Wildman–Crippen LogP) is -0.999. The standard InChI is InChI=1S/C6H8N2O3/c1-3(7)5(9)11-6(10)4(2)8/h1-2,7-8H2. The second-order valence-corrected chi connectivity index (χ2v) is 1.73. The largest absolute Gasteiger partial charge is 0.393 e. The van der Waals surface area contributed by atoms with Gasteiger partial charge in [0.25, 0.3) is 0 Å². The molecule has 0 rings (SSSR count). The Kier molecular flexibility index (Phi) is 2.85. The van der Waals surface area contributed by atoms with Gasteiger partial charge >= 0.3 is 11.9 Å². The van der Waals surface area contributed by atoms with Gasteiger partial charge in [0.05, 0.1) is 0 Å². The lowest BCUT2D eigenvalue weighted by Gasteiger charge is -1.99. The zero-order valence-corrected chi connectivity index (χ0v) is 5.79. The van der Waals surface area contributed by atoms with E-state index in [0.29, 0.717) is 0 Å². The van der Waals surface area contributed by atoms with Gasteiger partial charge in [-0.1, -0.05) is 13.2 Å². The van der Waals surface area contributed by atoms with Crippen molar-refractivity contribution < 1.29 is 14.3 Å². The molecule has 0 radical (unpaired) electrons. The molecule has 0 spiro atoms. The van der Waals surface area contributed by atoms with Crippen molar-refractivity contribution in [1.29, 1.82) is 0 Å². The molecule has 11 heavy (non-hydrogen) atoms. The fourth-order valence-electron chi connectivity index (χ4n) is 0.215. The van der Waals surface area contributed by atoms with Crippen LogP contribution >= 0.6 is 0 Å². The van der Waals surface area contributed by atoms with E-state index >= 15 is 0 Å². The molecule has 0 aromatic carbocycles. The average Bonchev–Trinajstić information content (AvgIpc) is 1.87. The summed E-state index contributed by atoms with van der Waals surface area (Å²) < 4.78 is 4.05. The molecule has 0 amide bonds. The summed E-state index contributed by atoms with van der Waals surface area (Å²) in [7, 11) is 0. The Labute approximate surface area is 63.3 Å². The number of rotatable bonds is 2. The van der Waals surface area contributed by atoms with Crippen LogP contribution in [0.1, 0.15) is 0 Å². The molecular weight excluding hydrogens is 148 g/mol. The Hall–Kier alpha value is -1.78. The number of nitrogens with two attached hydrogens (primary N) is 2. The minimum atomic E-state index is -1.01. The second-order valence-electron chi connectivity index (χ2n) is 1.73. The van der Waals surface area contributed by atoms with Crippen molar-refractivity contribution in [2.45, 2.75) is 0 Å². The van der Waals surface area contributed by atoms with Crippen LogP contribution in [0.4, 0.5) is 0 Å². The zero-order chi connectivity index (χ0) is 9.02. The van der Waals surface area contributed by atoms with Crippen molar-refractivity contribution in [3.63, 3.8) is 0 Å². The number of hydrogen-bond acceptors (Lipinski definition) is 5. The van der Waals surface area contributed by atoms with Crippen LogP contribution in [-0.4, -0.2) is 11.9 Å². The highest BCUT2D eigenvalue weighted by Crippen LogP contribution is 1.90. The molecule has 5 nitrogen and oxygen atoms in total. The smallest absolute Gasteiger partial charge is 0.361 e. The Morgan fingerprint density at radius 3 is 1.45 bits per heavy atom. The number of carbonyl (C=O) groups excluding carboxylic acids is 2. The van der Waals surface area contributed by atoms with E-state index in [2.05, 4.69) is 17.9 Å². The molecule has 5 heteroatoms. The summed E-state index contributed by atoms with van der Waals surface area (Å²) >= 11 is 0. The topological polar surface area (TPSA) is 95.4 Å². The number of hydrogen-bond donors (Lipinski definition) is 2. The zero-order valence-electron chi connectivity index (χ0n) is 5.79. The van der Waals surface area contributed by atoms with Crippen LogP contribution in [0.15, 0.2) is 24.6 Å². The molecule has 0 saturated carbocycles. The highest BCUT2D eigenvalue weighted by atomic mass is 16.6. The molecule has 0 bridgehead atoms. The lowest BCUT2D eigenvalue weighted by atomic mass is 10.5. The third kappa shape index (κ3) is 3.04. The first-order valence-electron chi connectivity index (χ1n) is 2.60. The molecule has 4 N–H and O–H groups in total. The highest BCUT2D eigenvalue weighted by molar-refractivity contribution is 6.00. The van der Waals surface area contributed by atoms with Crippen molar-refractivity contribution in [3.05, 3.63) is 24.6 Å². The van der Waals surface area contributed by atoms with Crippen molar-refractivity contribution in [3.8, 4) is 0 Å². The highest BCUT2D eigenvalue weighted by Gasteiger charge is 2.11. The fraction of sp³-hybridized carbons (Fsp3) is 0. The summed E-state index contributed by atoms with van der Waals surface area (Å²) in [5.41, 5.74) is 9.06. The van der Waals surface area contributed by atoms with Gasteiger partial charge in [-0.3, -0.25) is 0 Å². The normalized spacial score (nSPS) is 8.36. The first kappa shape index (κ1) is 9.22. The van der Waals surface area contributed by atoms with E-state index in [4.69, 9.17) is 11.5 Å². The molecule has 0 atom stereocenters. The lowest BCUT2D eigenvalue weighted by Crippen LogP contribution is -2.21. The summed E-state index contributed by atoms with van der Waals surface area (Å²) in [5.74, 6) is -2.02. The van der Waals surface area contributed by atoms with Crippen LogP contribution in [-0.2, 0) is 14.3 Å². The van der Waals surface area contributed by atoms with Gasteiger partial charge < -0.3 is 16.2 Å². The summed E-state index contributed by atoms with van der Waals surface area (Å²) in [6.07, 6.45) is 0. The van der Waals surface area contributed by atoms with E-state index in [0.717, 1.165) is 0 Å². The monoisotopic (exact) mass is 156 g/mol. The van der Waals surface area contributed by atoms with Gasteiger partial charge in [0, 0.05) is 0 Å². The first-order chi connectivity index (χ1) is 4.95. The Bertz CT molecular complexity index is 208. The molecule has 0 saturated heterocycles. The third-order valence-electron chi connectivity index (χ3n) is 0.710. The molecule has 0 aromatic rings. The Morgan fingerprint density at radius 2 is 1.27 bits per heavy atom. The fourth-order valence-corrected chi connectivity index (χ4v) is 0.215. The van der Waals surface area contributed by atoms with Crippen molar-refractivity contribution >= 4 is 11.9 Å². The van der Waals surface area contributed by atoms with E-state index in [-0.39, 0.29) is 11.4 Å². The molecule has 0 aromatic heterocycles. The number of carbonyl (C=O) groups is 2. The molecule has 0 heterocycles. The molecule has 0 aliphatic carbocycles. The predicted molar refractivity (Wildman–Crippen MR) is 37.8 cm³/mol. The molecule has 60 valence electrons. The number of ether oxygens (including phenoxy) is 1. The summed E-state index contributed by atoms with van der Waals surface area (Å²) in [6, 6.07) is 0. The van der Waals surface area contributed by atoms with E-state index in [1.165, 1.54) is 0 Å². The van der Waals surface area contributed by atoms with Crippen LogP contribution in [0.2, 0.25) is 0 Å². The van der Waals surface area contributed by atoms with E-state index in [9.17, 15) is 9.59 Å². The maximum atomic E-state index is 10.5. The quantitative estimate of drug-likeness (QED) is 0.304. The minimum Gasteiger partial charge on any atom is -0.393 e. The average molecular weight is 156 g/mol. The maximum absolute atomic E-state index is 10.5. The van der Waals surface area contributed by atoms with Gasteiger partial charge in [0.15, 0.2) is 0 Å². The molecule has 0 unspecified atom stereocenters. The second kappa shape index (κ2) is 3.40. The summed E-state index contributed by atoms with van der Waals surface area (Å²) in [5, 5.41) is 0. The van der Waals surface area contributed by atoms with Gasteiger partial charge in [-0.25, -0.2) is 9.59 Å². The van der Waals surface area contributed by atoms with Crippen LogP contribution in [0.3, 0.4) is 0 Å². The van der Waals surface area contributed by atoms with Crippen LogP contribution in [0, 0.1) is 0 Å². The third-order valence-corrected chi connectivity index (χ3v) is 0.710. The van der Waals surface area contributed by atoms with Gasteiger partial charge in [-0.05, 0) is 0 Å². The van der Waals surface area contributed by atoms with Gasteiger partial charge in [-0.2, -0.15) is 0 Å². The Morgan fingerprint density at radius 1 is 1.00 bits per heavy atom. The SMILES string of the molecule is C=C(N)C(=O)OC(=O)C(=C)N. The first-order valence-corrected chi connectivity index (χ1v) is 2.60. The van der Waals surface area contributed by atoms with Gasteiger partial charge in [0.1, 0.15) is 11.4 Å². The van der Waals surface area contributed by atoms with E-state index in [1.807, 2.05) is 0 Å². The van der Waals surface area contributed by atoms with E-state index in [1.54, 1.807) is 0 Å². The van der Waals surface area contributed by atoms with Crippen molar-refractivity contribution in [1.82, 2.24) is 0 Å². The maximum Gasteiger partial charge on any atom is 0.361 e. The molecule has 0 fully saturated rings. The molecular formula is C6H8N2O3. The van der Waals surface area contributed by atoms with E-state index < -0.39 is 11.9 Å². The Balaban J connectivity index is 4.07. The van der Waals surface area contributed by atoms with Crippen LogP contribution in [0.25, 0.3) is 0 Å². The summed E-state index contributed by atoms with van der Waals surface area (Å²) in [6.45, 7) is 6.10. The van der Waals surface area contributed by atoms with Crippen LogP contribution in [0.5, 0.6) is 0 Å². The van der Waals surface area contributed by atoms with Gasteiger partial charge in [0.2, 0.25) is 0 Å². The minimum absolute atomic E-state index is 0.361. The molecule has 0 aliphatic heterocycles. The summed E-state index contributed by atoms with van der Waals surface area (Å²) in [4.78, 5) is 21.0. The van der Waals surface area contributed by atoms with Gasteiger partial charge in [-0.15, -0.1) is 0 Å². The lowest BCUT2D eigenvalue weighted by molar-refractivity contribution is -0.154. The van der Waals surface area contributed by atoms with Crippen molar-refractivity contribution in [2.75, 3.05) is 0 Å². The molecule has 0 aliphatic rings. The van der Waals surface area contributed by atoms with Crippen molar-refractivity contribution in [2.24, 2.45) is 11.5 Å².